The summed E-state index contributed by atoms with van der Waals surface area (Å²) < 4.78 is 69.4. The molecule has 0 atom stereocenters. The summed E-state index contributed by atoms with van der Waals surface area (Å²) in [6, 6.07) is 10.9. The largest absolute Gasteiger partial charge is 0.478 e. The van der Waals surface area contributed by atoms with Crippen molar-refractivity contribution in [2.75, 3.05) is 60.1 Å². The molecular formula is C28H43O11P3. The predicted octanol–water partition coefficient (Wildman–Crippen LogP) is 6.84. The van der Waals surface area contributed by atoms with Gasteiger partial charge in [-0.05, 0) is 79.5 Å². The maximum Gasteiger partial charge on any atom is 0.335 e. The Bertz CT molecular complexity index is 1250. The van der Waals surface area contributed by atoms with Gasteiger partial charge < -0.3 is 32.2 Å². The lowest BCUT2D eigenvalue weighted by atomic mass is 9.95. The summed E-state index contributed by atoms with van der Waals surface area (Å²) in [6.45, 7) is 3.96. The van der Waals surface area contributed by atoms with Crippen LogP contribution in [0.2, 0.25) is 0 Å². The van der Waals surface area contributed by atoms with Crippen LogP contribution in [0.1, 0.15) is 52.0 Å². The molecule has 0 aliphatic heterocycles. The summed E-state index contributed by atoms with van der Waals surface area (Å²) in [5.41, 5.74) is 4.16. The van der Waals surface area contributed by atoms with Gasteiger partial charge in [0.05, 0.1) is 37.3 Å². The maximum atomic E-state index is 13.0. The van der Waals surface area contributed by atoms with E-state index < -0.39 is 28.8 Å². The molecule has 0 heterocycles. The Morgan fingerprint density at radius 1 is 0.595 bits per heavy atom. The molecule has 1 N–H and O–H groups in total. The average molecular weight is 649 g/mol. The van der Waals surface area contributed by atoms with Crippen LogP contribution in [0, 0.1) is 0 Å². The molecule has 14 heteroatoms. The number of benzene rings is 2. The molecule has 236 valence electrons. The molecule has 0 bridgehead atoms. The Labute approximate surface area is 248 Å². The SMILES string of the molecule is CCOP(=O)(CCc1cc(Cc2cc(CCP(=O)(OC)OC)cc(CCP(=O)(OC)OC)c2)cc(C(=O)O)c1)OCC. The van der Waals surface area contributed by atoms with Crippen molar-refractivity contribution >= 4 is 28.8 Å². The summed E-state index contributed by atoms with van der Waals surface area (Å²) in [4.78, 5) is 11.9. The number of carboxylic acids is 1. The van der Waals surface area contributed by atoms with Crippen molar-refractivity contribution in [3.63, 3.8) is 0 Å². The monoisotopic (exact) mass is 648 g/mol. The molecule has 0 saturated carbocycles. The maximum absolute atomic E-state index is 13.0. The molecule has 11 nitrogen and oxygen atoms in total. The van der Waals surface area contributed by atoms with Crippen LogP contribution in [0.3, 0.4) is 0 Å². The van der Waals surface area contributed by atoms with Gasteiger partial charge >= 0.3 is 28.8 Å². The molecule has 2 aromatic carbocycles. The second kappa shape index (κ2) is 17.0. The van der Waals surface area contributed by atoms with Crippen molar-refractivity contribution < 1.29 is 50.7 Å². The molecule has 0 aromatic heterocycles. The minimum atomic E-state index is -3.31. The average Bonchev–Trinajstić information content (AvgIpc) is 2.97. The Morgan fingerprint density at radius 2 is 0.929 bits per heavy atom. The first-order valence-electron chi connectivity index (χ1n) is 13.6. The summed E-state index contributed by atoms with van der Waals surface area (Å²) in [7, 11) is -4.43. The van der Waals surface area contributed by atoms with E-state index in [0.717, 1.165) is 22.3 Å². The van der Waals surface area contributed by atoms with E-state index in [0.29, 0.717) is 31.2 Å². The molecule has 42 heavy (non-hydrogen) atoms. The van der Waals surface area contributed by atoms with Crippen LogP contribution < -0.4 is 0 Å². The number of carbonyl (C=O) groups is 1. The van der Waals surface area contributed by atoms with E-state index in [1.165, 1.54) is 28.4 Å². The van der Waals surface area contributed by atoms with E-state index in [1.807, 2.05) is 24.3 Å². The summed E-state index contributed by atoms with van der Waals surface area (Å²) in [6.07, 6.45) is 1.94. The molecule has 2 aromatic rings. The number of aromatic carboxylic acids is 1. The van der Waals surface area contributed by atoms with Crippen LogP contribution in [0.25, 0.3) is 0 Å². The normalized spacial score (nSPS) is 12.5. The van der Waals surface area contributed by atoms with Crippen LogP contribution in [0.4, 0.5) is 0 Å². The molecule has 0 unspecified atom stereocenters. The zero-order chi connectivity index (χ0) is 31.4. The molecule has 0 spiro atoms. The second-order valence-electron chi connectivity index (χ2n) is 9.50. The van der Waals surface area contributed by atoms with E-state index in [1.54, 1.807) is 26.0 Å². The standard InChI is InChI=1S/C28H43O11P3/c1-7-38-42(33,39-8-2)14-11-24-18-26(21-27(20-24)28(29)30)19-25-16-22(9-12-40(31,34-3)35-4)15-23(17-25)10-13-41(32,36-5)37-6/h15-18,20-21H,7-14,19H2,1-6H3,(H,29,30). The Balaban J connectivity index is 2.43. The van der Waals surface area contributed by atoms with Crippen LogP contribution in [-0.4, -0.2) is 71.2 Å². The van der Waals surface area contributed by atoms with E-state index in [9.17, 15) is 23.6 Å². The van der Waals surface area contributed by atoms with Gasteiger partial charge in [-0.1, -0.05) is 24.3 Å². The summed E-state index contributed by atoms with van der Waals surface area (Å²) >= 11 is 0. The van der Waals surface area contributed by atoms with E-state index in [2.05, 4.69) is 0 Å². The quantitative estimate of drug-likeness (QED) is 0.151. The number of hydrogen-bond donors (Lipinski definition) is 1. The minimum absolute atomic E-state index is 0.115. The van der Waals surface area contributed by atoms with Gasteiger partial charge in [-0.15, -0.1) is 0 Å². The number of rotatable bonds is 20. The highest BCUT2D eigenvalue weighted by atomic mass is 31.2. The van der Waals surface area contributed by atoms with Gasteiger partial charge in [0.2, 0.25) is 0 Å². The lowest BCUT2D eigenvalue weighted by molar-refractivity contribution is 0.0696. The molecule has 0 radical (unpaired) electrons. The highest BCUT2D eigenvalue weighted by molar-refractivity contribution is 7.54. The molecule has 0 saturated heterocycles. The van der Waals surface area contributed by atoms with Gasteiger partial charge in [0.25, 0.3) is 0 Å². The zero-order valence-electron chi connectivity index (χ0n) is 25.2. The fraction of sp³-hybridized carbons (Fsp3) is 0.536. The number of carboxylic acid groups (broad SMARTS) is 1. The third-order valence-electron chi connectivity index (χ3n) is 6.61. The first-order valence-corrected chi connectivity index (χ1v) is 18.8. The van der Waals surface area contributed by atoms with Crippen molar-refractivity contribution in [1.82, 2.24) is 0 Å². The van der Waals surface area contributed by atoms with Crippen LogP contribution in [-0.2, 0) is 66.5 Å². The van der Waals surface area contributed by atoms with Crippen molar-refractivity contribution in [2.24, 2.45) is 0 Å². The van der Waals surface area contributed by atoms with Crippen LogP contribution in [0.15, 0.2) is 36.4 Å². The topological polar surface area (TPSA) is 144 Å². The second-order valence-corrected chi connectivity index (χ2v) is 16.5. The Kier molecular flexibility index (Phi) is 14.8. The first kappa shape index (κ1) is 36.6. The van der Waals surface area contributed by atoms with Gasteiger partial charge in [-0.3, -0.25) is 13.7 Å². The van der Waals surface area contributed by atoms with Crippen LogP contribution in [0.5, 0.6) is 0 Å². The lowest BCUT2D eigenvalue weighted by Gasteiger charge is -2.18. The zero-order valence-corrected chi connectivity index (χ0v) is 27.9. The first-order chi connectivity index (χ1) is 19.9. The predicted molar refractivity (Wildman–Crippen MR) is 162 cm³/mol. The highest BCUT2D eigenvalue weighted by Crippen LogP contribution is 2.49. The van der Waals surface area contributed by atoms with E-state index in [4.69, 9.17) is 27.1 Å². The Morgan fingerprint density at radius 3 is 1.31 bits per heavy atom. The molecule has 0 amide bonds. The minimum Gasteiger partial charge on any atom is -0.478 e. The van der Waals surface area contributed by atoms with Crippen LogP contribution >= 0.6 is 22.8 Å². The number of hydrogen-bond acceptors (Lipinski definition) is 10. The van der Waals surface area contributed by atoms with Crippen molar-refractivity contribution in [2.45, 2.75) is 39.5 Å². The van der Waals surface area contributed by atoms with Gasteiger partial charge in [-0.2, -0.15) is 0 Å². The smallest absolute Gasteiger partial charge is 0.335 e. The fourth-order valence-electron chi connectivity index (χ4n) is 4.47. The third kappa shape index (κ3) is 11.5. The van der Waals surface area contributed by atoms with Gasteiger partial charge in [0, 0.05) is 28.4 Å². The molecule has 0 aliphatic carbocycles. The van der Waals surface area contributed by atoms with E-state index >= 15 is 0 Å². The van der Waals surface area contributed by atoms with Gasteiger partial charge in [0.15, 0.2) is 0 Å². The van der Waals surface area contributed by atoms with Crippen molar-refractivity contribution in [1.29, 1.82) is 0 Å². The van der Waals surface area contributed by atoms with Gasteiger partial charge in [0.1, 0.15) is 0 Å². The number of aryl methyl sites for hydroxylation is 3. The van der Waals surface area contributed by atoms with Gasteiger partial charge in [-0.25, -0.2) is 4.79 Å². The summed E-state index contributed by atoms with van der Waals surface area (Å²) in [5, 5.41) is 9.77. The molecule has 2 rings (SSSR count). The van der Waals surface area contributed by atoms with E-state index in [-0.39, 0.29) is 37.3 Å². The molecule has 0 fully saturated rings. The highest BCUT2D eigenvalue weighted by Gasteiger charge is 2.24. The van der Waals surface area contributed by atoms with Crippen molar-refractivity contribution in [3.05, 3.63) is 69.8 Å². The lowest BCUT2D eigenvalue weighted by Crippen LogP contribution is -2.06. The molecular weight excluding hydrogens is 605 g/mol. The van der Waals surface area contributed by atoms with Crippen molar-refractivity contribution in [3.8, 4) is 0 Å². The fourth-order valence-corrected chi connectivity index (χ4v) is 8.21. The summed E-state index contributed by atoms with van der Waals surface area (Å²) in [5.74, 6) is -1.07. The third-order valence-corrected chi connectivity index (χ3v) is 12.4. The Hall–Kier alpha value is -1.64. The molecule has 0 aliphatic rings.